The molecule has 0 atom stereocenters. The van der Waals surface area contributed by atoms with Crippen molar-refractivity contribution in [3.05, 3.63) is 68.3 Å². The minimum Gasteiger partial charge on any atom is -0.370 e. The average molecular weight is 427 g/mol. The van der Waals surface area contributed by atoms with Gasteiger partial charge in [-0.25, -0.2) is 4.98 Å². The molecule has 0 radical (unpaired) electrons. The molecule has 6 heteroatoms. The van der Waals surface area contributed by atoms with Crippen molar-refractivity contribution in [2.45, 2.75) is 63.8 Å². The highest BCUT2D eigenvalue weighted by Crippen LogP contribution is 2.37. The number of allylic oxidation sites excluding steroid dienone is 1. The summed E-state index contributed by atoms with van der Waals surface area (Å²) >= 11 is 3.21. The summed E-state index contributed by atoms with van der Waals surface area (Å²) in [4.78, 5) is 20.3. The molecule has 29 heavy (non-hydrogen) atoms. The number of nitrogens with zero attached hydrogens (tertiary/aromatic N) is 2. The van der Waals surface area contributed by atoms with Crippen LogP contribution in [0.2, 0.25) is 0 Å². The fraction of sp³-hybridized carbons (Fsp3) is 0.391. The van der Waals surface area contributed by atoms with Gasteiger partial charge < -0.3 is 4.74 Å². The summed E-state index contributed by atoms with van der Waals surface area (Å²) in [6.45, 7) is 13.2. The maximum atomic E-state index is 13.4. The molecule has 0 spiro atoms. The van der Waals surface area contributed by atoms with Crippen molar-refractivity contribution in [2.24, 2.45) is 0 Å². The number of thiophene rings is 1. The predicted octanol–water partition coefficient (Wildman–Crippen LogP) is 5.40. The largest absolute Gasteiger partial charge is 0.370 e. The fourth-order valence-electron chi connectivity index (χ4n) is 3.76. The zero-order valence-electron chi connectivity index (χ0n) is 17.4. The van der Waals surface area contributed by atoms with Crippen LogP contribution in [0.5, 0.6) is 0 Å². The Morgan fingerprint density at radius 1 is 1.38 bits per heavy atom. The molecule has 1 aliphatic heterocycles. The Bertz CT molecular complexity index is 1160. The van der Waals surface area contributed by atoms with Gasteiger partial charge in [0.15, 0.2) is 5.16 Å². The van der Waals surface area contributed by atoms with Gasteiger partial charge in [0.05, 0.1) is 17.6 Å². The number of thioether (sulfide) groups is 1. The Hall–Kier alpha value is -1.89. The Labute approximate surface area is 179 Å². The first kappa shape index (κ1) is 20.4. The third-order valence-corrected chi connectivity index (χ3v) is 7.45. The van der Waals surface area contributed by atoms with E-state index in [9.17, 15) is 4.79 Å². The van der Waals surface area contributed by atoms with Crippen LogP contribution in [0, 0.1) is 13.8 Å². The second-order valence-electron chi connectivity index (χ2n) is 8.23. The molecule has 0 bridgehead atoms. The number of ether oxygens (including phenoxy) is 1. The standard InChI is InChI=1S/C23H26N2O2S2/c1-6-9-25-21(26)19-17-11-23(4,5)27-12-18(17)29-20(19)24-22(25)28-13-16-8-7-14(2)10-15(16)3/h6-8,10H,1,9,11-13H2,2-5H3. The van der Waals surface area contributed by atoms with Crippen LogP contribution in [0.4, 0.5) is 0 Å². The Balaban J connectivity index is 1.77. The number of aryl methyl sites for hydroxylation is 2. The first-order chi connectivity index (χ1) is 13.8. The zero-order valence-corrected chi connectivity index (χ0v) is 19.0. The molecule has 3 heterocycles. The molecule has 0 saturated heterocycles. The summed E-state index contributed by atoms with van der Waals surface area (Å²) in [7, 11) is 0. The van der Waals surface area contributed by atoms with Gasteiger partial charge in [0.2, 0.25) is 0 Å². The maximum Gasteiger partial charge on any atom is 0.263 e. The van der Waals surface area contributed by atoms with Crippen molar-refractivity contribution in [1.29, 1.82) is 0 Å². The SMILES string of the molecule is C=CCn1c(SCc2ccc(C)cc2C)nc2sc3c(c2c1=O)CC(C)(C)OC3. The molecular weight excluding hydrogens is 400 g/mol. The zero-order chi connectivity index (χ0) is 20.8. The predicted molar refractivity (Wildman–Crippen MR) is 122 cm³/mol. The lowest BCUT2D eigenvalue weighted by Crippen LogP contribution is -2.32. The Morgan fingerprint density at radius 3 is 2.90 bits per heavy atom. The van der Waals surface area contributed by atoms with Crippen LogP contribution in [-0.4, -0.2) is 15.2 Å². The molecule has 4 rings (SSSR count). The quantitative estimate of drug-likeness (QED) is 0.311. The second kappa shape index (κ2) is 7.74. The molecule has 1 aromatic carbocycles. The lowest BCUT2D eigenvalue weighted by molar-refractivity contribution is -0.0379. The summed E-state index contributed by atoms with van der Waals surface area (Å²) < 4.78 is 7.71. The molecule has 0 N–H and O–H groups in total. The van der Waals surface area contributed by atoms with E-state index in [4.69, 9.17) is 9.72 Å². The molecule has 0 unspecified atom stereocenters. The first-order valence-electron chi connectivity index (χ1n) is 9.78. The van der Waals surface area contributed by atoms with E-state index in [0.717, 1.165) is 38.0 Å². The van der Waals surface area contributed by atoms with Crippen LogP contribution in [0.15, 0.2) is 40.8 Å². The lowest BCUT2D eigenvalue weighted by Gasteiger charge is -2.29. The summed E-state index contributed by atoms with van der Waals surface area (Å²) in [6, 6.07) is 6.49. The molecule has 152 valence electrons. The van der Waals surface area contributed by atoms with E-state index >= 15 is 0 Å². The minimum atomic E-state index is -0.257. The van der Waals surface area contributed by atoms with E-state index in [-0.39, 0.29) is 11.2 Å². The topological polar surface area (TPSA) is 44.1 Å². The average Bonchev–Trinajstić information content (AvgIpc) is 3.00. The van der Waals surface area contributed by atoms with E-state index in [1.165, 1.54) is 16.7 Å². The van der Waals surface area contributed by atoms with Crippen LogP contribution < -0.4 is 5.56 Å². The van der Waals surface area contributed by atoms with Gasteiger partial charge >= 0.3 is 0 Å². The van der Waals surface area contributed by atoms with Gasteiger partial charge in [0, 0.05) is 23.6 Å². The minimum absolute atomic E-state index is 0.0354. The van der Waals surface area contributed by atoms with Crippen molar-refractivity contribution >= 4 is 33.3 Å². The van der Waals surface area contributed by atoms with E-state index in [0.29, 0.717) is 13.2 Å². The summed E-state index contributed by atoms with van der Waals surface area (Å²) in [6.07, 6.45) is 2.50. The number of fused-ring (bicyclic) bond motifs is 3. The third kappa shape index (κ3) is 3.93. The monoisotopic (exact) mass is 426 g/mol. The maximum absolute atomic E-state index is 13.4. The van der Waals surface area contributed by atoms with Gasteiger partial charge in [-0.1, -0.05) is 41.6 Å². The third-order valence-electron chi connectivity index (χ3n) is 5.32. The van der Waals surface area contributed by atoms with E-state index in [2.05, 4.69) is 52.5 Å². The van der Waals surface area contributed by atoms with Gasteiger partial charge in [-0.2, -0.15) is 0 Å². The highest BCUT2D eigenvalue weighted by Gasteiger charge is 2.31. The van der Waals surface area contributed by atoms with Gasteiger partial charge in [0.25, 0.3) is 5.56 Å². The highest BCUT2D eigenvalue weighted by atomic mass is 32.2. The number of hydrogen-bond acceptors (Lipinski definition) is 5. The Morgan fingerprint density at radius 2 is 2.17 bits per heavy atom. The summed E-state index contributed by atoms with van der Waals surface area (Å²) in [5.41, 5.74) is 4.68. The van der Waals surface area contributed by atoms with Gasteiger partial charge in [0.1, 0.15) is 4.83 Å². The molecule has 0 amide bonds. The van der Waals surface area contributed by atoms with Crippen molar-refractivity contribution in [3.8, 4) is 0 Å². The molecule has 0 saturated carbocycles. The molecule has 4 nitrogen and oxygen atoms in total. The van der Waals surface area contributed by atoms with Crippen LogP contribution in [-0.2, 0) is 30.1 Å². The molecule has 1 aliphatic rings. The van der Waals surface area contributed by atoms with E-state index in [1.807, 2.05) is 0 Å². The fourth-order valence-corrected chi connectivity index (χ4v) is 5.99. The van der Waals surface area contributed by atoms with Crippen molar-refractivity contribution in [2.75, 3.05) is 0 Å². The van der Waals surface area contributed by atoms with Crippen LogP contribution in [0.1, 0.15) is 41.0 Å². The van der Waals surface area contributed by atoms with Crippen molar-refractivity contribution < 1.29 is 4.74 Å². The number of benzene rings is 1. The highest BCUT2D eigenvalue weighted by molar-refractivity contribution is 7.98. The summed E-state index contributed by atoms with van der Waals surface area (Å²) in [5.74, 6) is 0.780. The molecular formula is C23H26N2O2S2. The van der Waals surface area contributed by atoms with Crippen LogP contribution in [0.25, 0.3) is 10.2 Å². The van der Waals surface area contributed by atoms with E-state index in [1.54, 1.807) is 33.7 Å². The van der Waals surface area contributed by atoms with Gasteiger partial charge in [-0.3, -0.25) is 9.36 Å². The van der Waals surface area contributed by atoms with Gasteiger partial charge in [-0.15, -0.1) is 17.9 Å². The van der Waals surface area contributed by atoms with Crippen LogP contribution >= 0.6 is 23.1 Å². The Kier molecular flexibility index (Phi) is 5.44. The normalized spacial score (nSPS) is 15.4. The smallest absolute Gasteiger partial charge is 0.263 e. The molecule has 0 fully saturated rings. The van der Waals surface area contributed by atoms with Gasteiger partial charge in [-0.05, 0) is 44.4 Å². The number of hydrogen-bond donors (Lipinski definition) is 0. The van der Waals surface area contributed by atoms with Crippen LogP contribution in [0.3, 0.4) is 0 Å². The van der Waals surface area contributed by atoms with Crippen molar-refractivity contribution in [1.82, 2.24) is 9.55 Å². The molecule has 2 aromatic heterocycles. The number of rotatable bonds is 5. The van der Waals surface area contributed by atoms with Crippen molar-refractivity contribution in [3.63, 3.8) is 0 Å². The molecule has 3 aromatic rings. The second-order valence-corrected chi connectivity index (χ2v) is 10.3. The lowest BCUT2D eigenvalue weighted by atomic mass is 9.94. The first-order valence-corrected chi connectivity index (χ1v) is 11.6. The molecule has 0 aliphatic carbocycles. The summed E-state index contributed by atoms with van der Waals surface area (Å²) in [5, 5.41) is 1.51. The number of aromatic nitrogens is 2. The van der Waals surface area contributed by atoms with E-state index < -0.39 is 0 Å².